The van der Waals surface area contributed by atoms with Crippen molar-refractivity contribution in [2.75, 3.05) is 20.7 Å². The lowest BCUT2D eigenvalue weighted by atomic mass is 9.79. The van der Waals surface area contributed by atoms with E-state index in [-0.39, 0.29) is 6.10 Å². The summed E-state index contributed by atoms with van der Waals surface area (Å²) in [5.41, 5.74) is 2.74. The minimum Gasteiger partial charge on any atom is -0.380 e. The van der Waals surface area contributed by atoms with Crippen LogP contribution in [0.5, 0.6) is 0 Å². The van der Waals surface area contributed by atoms with Crippen molar-refractivity contribution in [3.05, 3.63) is 71.8 Å². The molecule has 0 spiro atoms. The van der Waals surface area contributed by atoms with Gasteiger partial charge in [0.1, 0.15) is 0 Å². The van der Waals surface area contributed by atoms with Gasteiger partial charge in [0.05, 0.1) is 6.10 Å². The molecule has 3 rings (SSSR count). The van der Waals surface area contributed by atoms with Crippen molar-refractivity contribution in [1.29, 1.82) is 0 Å². The lowest BCUT2D eigenvalue weighted by molar-refractivity contribution is -0.0142. The van der Waals surface area contributed by atoms with E-state index in [0.717, 1.165) is 13.0 Å². The molecule has 1 saturated heterocycles. The molecule has 0 aromatic heterocycles. The normalized spacial score (nSPS) is 22.9. The molecule has 0 radical (unpaired) electrons. The molecule has 1 aliphatic rings. The standard InChI is InChI=1S/C20H25NO/c1-21-15-9-14-18(22-2)20(21)19(16-10-5-3-6-11-16)17-12-7-4-8-13-17/h3-8,10-13,18-20H,9,14-15H2,1-2H3/t18-,20-/m0/s1. The second-order valence-corrected chi connectivity index (χ2v) is 6.19. The molecule has 0 aliphatic carbocycles. The molecule has 2 heteroatoms. The highest BCUT2D eigenvalue weighted by Crippen LogP contribution is 2.36. The number of nitrogens with zero attached hydrogens (tertiary/aromatic N) is 1. The number of benzene rings is 2. The summed E-state index contributed by atoms with van der Waals surface area (Å²) in [4.78, 5) is 2.47. The van der Waals surface area contributed by atoms with Crippen LogP contribution < -0.4 is 0 Å². The molecule has 1 fully saturated rings. The summed E-state index contributed by atoms with van der Waals surface area (Å²) < 4.78 is 5.86. The summed E-state index contributed by atoms with van der Waals surface area (Å²) in [6.45, 7) is 1.14. The Morgan fingerprint density at radius 3 is 2.00 bits per heavy atom. The van der Waals surface area contributed by atoms with Crippen LogP contribution in [0.1, 0.15) is 29.9 Å². The largest absolute Gasteiger partial charge is 0.380 e. The average molecular weight is 295 g/mol. The predicted molar refractivity (Wildman–Crippen MR) is 91.2 cm³/mol. The zero-order valence-electron chi connectivity index (χ0n) is 13.5. The third kappa shape index (κ3) is 3.08. The topological polar surface area (TPSA) is 12.5 Å². The van der Waals surface area contributed by atoms with Gasteiger partial charge in [-0.25, -0.2) is 0 Å². The quantitative estimate of drug-likeness (QED) is 0.847. The van der Waals surface area contributed by atoms with E-state index in [1.165, 1.54) is 17.5 Å². The minimum atomic E-state index is 0.282. The Kier molecular flexibility index (Phi) is 4.91. The fourth-order valence-electron chi connectivity index (χ4n) is 3.78. The minimum absolute atomic E-state index is 0.282. The third-order valence-corrected chi connectivity index (χ3v) is 4.85. The van der Waals surface area contributed by atoms with E-state index in [4.69, 9.17) is 4.74 Å². The molecular formula is C20H25NO. The molecule has 116 valence electrons. The van der Waals surface area contributed by atoms with Crippen LogP contribution in [-0.2, 0) is 4.74 Å². The van der Waals surface area contributed by atoms with Crippen LogP contribution >= 0.6 is 0 Å². The number of rotatable bonds is 4. The Balaban J connectivity index is 2.04. The molecule has 2 atom stereocenters. The maximum atomic E-state index is 5.86. The van der Waals surface area contributed by atoms with Crippen LogP contribution in [0.25, 0.3) is 0 Å². The van der Waals surface area contributed by atoms with E-state index in [9.17, 15) is 0 Å². The summed E-state index contributed by atoms with van der Waals surface area (Å²) >= 11 is 0. The maximum Gasteiger partial charge on any atom is 0.0736 e. The Morgan fingerprint density at radius 2 is 1.50 bits per heavy atom. The van der Waals surface area contributed by atoms with Crippen molar-refractivity contribution < 1.29 is 4.74 Å². The fourth-order valence-corrected chi connectivity index (χ4v) is 3.78. The summed E-state index contributed by atoms with van der Waals surface area (Å²) in [5, 5.41) is 0. The highest BCUT2D eigenvalue weighted by atomic mass is 16.5. The lowest BCUT2D eigenvalue weighted by Crippen LogP contribution is -2.50. The first-order valence-corrected chi connectivity index (χ1v) is 8.14. The molecule has 22 heavy (non-hydrogen) atoms. The number of piperidine rings is 1. The van der Waals surface area contributed by atoms with E-state index in [1.54, 1.807) is 0 Å². The Bertz CT molecular complexity index is 529. The van der Waals surface area contributed by atoms with Crippen LogP contribution in [0.3, 0.4) is 0 Å². The van der Waals surface area contributed by atoms with Crippen molar-refractivity contribution in [2.24, 2.45) is 0 Å². The van der Waals surface area contributed by atoms with Crippen molar-refractivity contribution in [1.82, 2.24) is 4.90 Å². The Labute approximate surface area is 133 Å². The molecule has 1 aliphatic heterocycles. The molecule has 1 heterocycles. The van der Waals surface area contributed by atoms with Crippen LogP contribution in [0.2, 0.25) is 0 Å². The van der Waals surface area contributed by atoms with Gasteiger partial charge in [0, 0.05) is 19.1 Å². The molecule has 0 bridgehead atoms. The first-order chi connectivity index (χ1) is 10.8. The van der Waals surface area contributed by atoms with E-state index < -0.39 is 0 Å². The van der Waals surface area contributed by atoms with Gasteiger partial charge in [0.15, 0.2) is 0 Å². The van der Waals surface area contributed by atoms with Crippen molar-refractivity contribution >= 4 is 0 Å². The summed E-state index contributed by atoms with van der Waals surface area (Å²) in [6.07, 6.45) is 2.63. The number of hydrogen-bond donors (Lipinski definition) is 0. The first-order valence-electron chi connectivity index (χ1n) is 8.14. The van der Waals surface area contributed by atoms with Crippen molar-refractivity contribution in [3.63, 3.8) is 0 Å². The SMILES string of the molecule is CO[C@H]1CCCN(C)[C@@H]1C(c1ccccc1)c1ccccc1. The van der Waals surface area contributed by atoms with E-state index in [2.05, 4.69) is 72.6 Å². The Morgan fingerprint density at radius 1 is 0.955 bits per heavy atom. The number of methoxy groups -OCH3 is 1. The van der Waals surface area contributed by atoms with Crippen molar-refractivity contribution in [2.45, 2.75) is 30.9 Å². The molecular weight excluding hydrogens is 270 g/mol. The van der Waals surface area contributed by atoms with Gasteiger partial charge in [0.25, 0.3) is 0 Å². The smallest absolute Gasteiger partial charge is 0.0736 e. The highest BCUT2D eigenvalue weighted by Gasteiger charge is 2.37. The van der Waals surface area contributed by atoms with Gasteiger partial charge in [-0.2, -0.15) is 0 Å². The number of likely N-dealkylation sites (tertiary alicyclic amines) is 1. The summed E-state index contributed by atoms with van der Waals surface area (Å²) in [6, 6.07) is 22.1. The first kappa shape index (κ1) is 15.3. The van der Waals surface area contributed by atoms with E-state index in [1.807, 2.05) is 7.11 Å². The molecule has 0 amide bonds. The van der Waals surface area contributed by atoms with E-state index in [0.29, 0.717) is 12.0 Å². The van der Waals surface area contributed by atoms with Gasteiger partial charge in [-0.3, -0.25) is 4.90 Å². The van der Waals surface area contributed by atoms with Crippen LogP contribution in [0.4, 0.5) is 0 Å². The monoisotopic (exact) mass is 295 g/mol. The van der Waals surface area contributed by atoms with Gasteiger partial charge in [-0.15, -0.1) is 0 Å². The van der Waals surface area contributed by atoms with Gasteiger partial charge < -0.3 is 4.74 Å². The number of ether oxygens (including phenoxy) is 1. The van der Waals surface area contributed by atoms with Crippen molar-refractivity contribution in [3.8, 4) is 0 Å². The van der Waals surface area contributed by atoms with Crippen LogP contribution in [-0.4, -0.2) is 37.7 Å². The Hall–Kier alpha value is -1.64. The predicted octanol–water partition coefficient (Wildman–Crippen LogP) is 3.93. The molecule has 2 nitrogen and oxygen atoms in total. The number of hydrogen-bond acceptors (Lipinski definition) is 2. The van der Waals surface area contributed by atoms with Crippen LogP contribution in [0.15, 0.2) is 60.7 Å². The fraction of sp³-hybridized carbons (Fsp3) is 0.400. The summed E-state index contributed by atoms with van der Waals surface area (Å²) in [5.74, 6) is 0.345. The number of likely N-dealkylation sites (N-methyl/N-ethyl adjacent to an activating group) is 1. The van der Waals surface area contributed by atoms with Crippen LogP contribution in [0, 0.1) is 0 Å². The van der Waals surface area contributed by atoms with Gasteiger partial charge in [-0.1, -0.05) is 60.7 Å². The lowest BCUT2D eigenvalue weighted by Gasteiger charge is -2.43. The molecule has 0 saturated carbocycles. The second-order valence-electron chi connectivity index (χ2n) is 6.19. The van der Waals surface area contributed by atoms with Gasteiger partial charge >= 0.3 is 0 Å². The third-order valence-electron chi connectivity index (χ3n) is 4.85. The molecule has 0 N–H and O–H groups in total. The molecule has 2 aromatic rings. The van der Waals surface area contributed by atoms with Gasteiger partial charge in [-0.05, 0) is 37.6 Å². The van der Waals surface area contributed by atoms with Gasteiger partial charge in [0.2, 0.25) is 0 Å². The van der Waals surface area contributed by atoms with E-state index >= 15 is 0 Å². The second kappa shape index (κ2) is 7.08. The highest BCUT2D eigenvalue weighted by molar-refractivity contribution is 5.35. The average Bonchev–Trinajstić information content (AvgIpc) is 2.58. The molecule has 0 unspecified atom stereocenters. The summed E-state index contributed by atoms with van der Waals surface area (Å²) in [7, 11) is 4.08. The zero-order chi connectivity index (χ0) is 15.4. The zero-order valence-corrected chi connectivity index (χ0v) is 13.5. The maximum absolute atomic E-state index is 5.86. The molecule has 2 aromatic carbocycles.